The smallest absolute Gasteiger partial charge is 0.336 e. The Kier molecular flexibility index (Phi) is 11.2. The number of aliphatic hydroxyl groups excluding tert-OH is 1. The number of aliphatic carboxylic acids is 1. The Morgan fingerprint density at radius 1 is 1.13 bits per heavy atom. The van der Waals surface area contributed by atoms with E-state index in [0.717, 1.165) is 37.7 Å². The zero-order valence-corrected chi connectivity index (χ0v) is 18.6. The number of carboxylic acids is 1. The van der Waals surface area contributed by atoms with E-state index in [1.165, 1.54) is 6.92 Å². The van der Waals surface area contributed by atoms with Gasteiger partial charge in [0.25, 0.3) is 0 Å². The number of carbonyl (C=O) groups excluding carboxylic acids is 2. The Morgan fingerprint density at radius 3 is 2.40 bits per heavy atom. The summed E-state index contributed by atoms with van der Waals surface area (Å²) in [4.78, 5) is 34.7. The number of carbonyl (C=O) groups is 3. The van der Waals surface area contributed by atoms with E-state index in [0.29, 0.717) is 29.8 Å². The van der Waals surface area contributed by atoms with Crippen molar-refractivity contribution in [3.63, 3.8) is 0 Å². The van der Waals surface area contributed by atoms with E-state index in [4.69, 9.17) is 16.7 Å². The summed E-state index contributed by atoms with van der Waals surface area (Å²) in [6.45, 7) is 3.18. The van der Waals surface area contributed by atoms with E-state index in [9.17, 15) is 24.6 Å². The molecular weight excluding hydrogens is 408 g/mol. The van der Waals surface area contributed by atoms with E-state index < -0.39 is 29.9 Å². The standard InChI is InChI=1S/C23H33ClO6/c1-3-8-21(27)20-13-18(24)12-11-17(20)9-6-4-5-7-10-19(26)15-23(30,22(28)29)14-16(2)25/h11-13,19,26,30H,3-10,14-15H2,1-2H3,(H,28,29). The lowest BCUT2D eigenvalue weighted by molar-refractivity contribution is -0.164. The summed E-state index contributed by atoms with van der Waals surface area (Å²) in [6.07, 6.45) is 3.83. The van der Waals surface area contributed by atoms with Crippen molar-refractivity contribution in [3.8, 4) is 0 Å². The first-order valence-corrected chi connectivity index (χ1v) is 10.9. The summed E-state index contributed by atoms with van der Waals surface area (Å²) in [7, 11) is 0. The highest BCUT2D eigenvalue weighted by Gasteiger charge is 2.39. The number of ketones is 2. The van der Waals surface area contributed by atoms with Crippen LogP contribution in [0.4, 0.5) is 0 Å². The molecule has 1 aromatic rings. The van der Waals surface area contributed by atoms with Crippen LogP contribution >= 0.6 is 11.6 Å². The predicted octanol–water partition coefficient (Wildman–Crippen LogP) is 4.36. The number of halogens is 1. The van der Waals surface area contributed by atoms with Gasteiger partial charge in [-0.2, -0.15) is 0 Å². The summed E-state index contributed by atoms with van der Waals surface area (Å²) in [5.74, 6) is -1.83. The van der Waals surface area contributed by atoms with Gasteiger partial charge in [0.15, 0.2) is 11.4 Å². The first-order valence-electron chi connectivity index (χ1n) is 10.5. The van der Waals surface area contributed by atoms with Crippen LogP contribution in [0.1, 0.15) is 87.6 Å². The van der Waals surface area contributed by atoms with E-state index in [-0.39, 0.29) is 12.2 Å². The monoisotopic (exact) mass is 440 g/mol. The molecule has 0 bridgehead atoms. The van der Waals surface area contributed by atoms with Crippen molar-refractivity contribution < 1.29 is 29.7 Å². The number of Topliss-reactive ketones (excluding diaryl/α,β-unsaturated/α-hetero) is 2. The van der Waals surface area contributed by atoms with E-state index in [1.54, 1.807) is 12.1 Å². The number of hydrogen-bond donors (Lipinski definition) is 3. The average molecular weight is 441 g/mol. The lowest BCUT2D eigenvalue weighted by Crippen LogP contribution is -2.43. The molecule has 0 spiro atoms. The van der Waals surface area contributed by atoms with Gasteiger partial charge in [0, 0.05) is 29.8 Å². The minimum absolute atomic E-state index is 0.106. The van der Waals surface area contributed by atoms with Crippen LogP contribution in [0.5, 0.6) is 0 Å². The van der Waals surface area contributed by atoms with Crippen molar-refractivity contribution >= 4 is 29.1 Å². The number of benzene rings is 1. The number of rotatable bonds is 15. The SMILES string of the molecule is CCCC(=O)c1cc(Cl)ccc1CCCCCCC(O)CC(O)(CC(C)=O)C(=O)O. The van der Waals surface area contributed by atoms with E-state index >= 15 is 0 Å². The third kappa shape index (κ3) is 8.94. The first-order chi connectivity index (χ1) is 14.1. The quantitative estimate of drug-likeness (QED) is 0.276. The Bertz CT molecular complexity index is 732. The molecule has 0 fully saturated rings. The van der Waals surface area contributed by atoms with Crippen LogP contribution in [0.3, 0.4) is 0 Å². The molecule has 3 N–H and O–H groups in total. The van der Waals surface area contributed by atoms with Crippen LogP contribution in [0.15, 0.2) is 18.2 Å². The molecule has 0 saturated carbocycles. The molecular formula is C23H33ClO6. The fourth-order valence-corrected chi connectivity index (χ4v) is 3.75. The van der Waals surface area contributed by atoms with Crippen LogP contribution in [0.25, 0.3) is 0 Å². The molecule has 0 aliphatic carbocycles. The fourth-order valence-electron chi connectivity index (χ4n) is 3.58. The minimum Gasteiger partial charge on any atom is -0.479 e. The third-order valence-electron chi connectivity index (χ3n) is 5.10. The van der Waals surface area contributed by atoms with Crippen molar-refractivity contribution in [1.29, 1.82) is 0 Å². The van der Waals surface area contributed by atoms with Gasteiger partial charge in [-0.1, -0.05) is 43.9 Å². The Balaban J connectivity index is 2.42. The highest BCUT2D eigenvalue weighted by atomic mass is 35.5. The van der Waals surface area contributed by atoms with E-state index in [2.05, 4.69) is 0 Å². The van der Waals surface area contributed by atoms with E-state index in [1.807, 2.05) is 13.0 Å². The Morgan fingerprint density at radius 2 is 1.80 bits per heavy atom. The maximum absolute atomic E-state index is 12.3. The summed E-state index contributed by atoms with van der Waals surface area (Å²) in [5.41, 5.74) is -0.534. The zero-order valence-electron chi connectivity index (χ0n) is 17.8. The molecule has 0 aliphatic heterocycles. The molecule has 0 aliphatic rings. The molecule has 0 saturated heterocycles. The molecule has 0 aromatic heterocycles. The van der Waals surface area contributed by atoms with Gasteiger partial charge in [-0.05, 0) is 50.3 Å². The van der Waals surface area contributed by atoms with Gasteiger partial charge in [0.2, 0.25) is 0 Å². The maximum atomic E-state index is 12.3. The number of aryl methyl sites for hydroxylation is 1. The molecule has 6 nitrogen and oxygen atoms in total. The highest BCUT2D eigenvalue weighted by Crippen LogP contribution is 2.23. The average Bonchev–Trinajstić information content (AvgIpc) is 2.64. The summed E-state index contributed by atoms with van der Waals surface area (Å²) >= 11 is 6.04. The van der Waals surface area contributed by atoms with Crippen LogP contribution in [0, 0.1) is 0 Å². The fraction of sp³-hybridized carbons (Fsp3) is 0.609. The van der Waals surface area contributed by atoms with Gasteiger partial charge < -0.3 is 15.3 Å². The minimum atomic E-state index is -2.22. The lowest BCUT2D eigenvalue weighted by Gasteiger charge is -2.25. The van der Waals surface area contributed by atoms with Gasteiger partial charge in [-0.15, -0.1) is 0 Å². The molecule has 2 atom stereocenters. The molecule has 1 aromatic carbocycles. The number of hydrogen-bond acceptors (Lipinski definition) is 5. The molecule has 168 valence electrons. The van der Waals surface area contributed by atoms with Gasteiger partial charge in [-0.3, -0.25) is 9.59 Å². The zero-order chi connectivity index (χ0) is 22.7. The van der Waals surface area contributed by atoms with Crippen molar-refractivity contribution in [2.75, 3.05) is 0 Å². The second kappa shape index (κ2) is 12.8. The molecule has 0 amide bonds. The largest absolute Gasteiger partial charge is 0.479 e. The number of unbranched alkanes of at least 4 members (excludes halogenated alkanes) is 3. The molecule has 1 rings (SSSR count). The van der Waals surface area contributed by atoms with Crippen LogP contribution in [-0.2, 0) is 16.0 Å². The van der Waals surface area contributed by atoms with Crippen LogP contribution in [0.2, 0.25) is 5.02 Å². The topological polar surface area (TPSA) is 112 Å². The van der Waals surface area contributed by atoms with Crippen molar-refractivity contribution in [1.82, 2.24) is 0 Å². The molecule has 7 heteroatoms. The summed E-state index contributed by atoms with van der Waals surface area (Å²) < 4.78 is 0. The molecule has 0 radical (unpaired) electrons. The van der Waals surface area contributed by atoms with Gasteiger partial charge in [-0.25, -0.2) is 4.79 Å². The second-order valence-corrected chi connectivity index (χ2v) is 8.44. The van der Waals surface area contributed by atoms with Crippen molar-refractivity contribution in [2.24, 2.45) is 0 Å². The summed E-state index contributed by atoms with van der Waals surface area (Å²) in [6, 6.07) is 5.42. The maximum Gasteiger partial charge on any atom is 0.336 e. The van der Waals surface area contributed by atoms with Gasteiger partial charge in [0.05, 0.1) is 6.10 Å². The highest BCUT2D eigenvalue weighted by molar-refractivity contribution is 6.31. The number of carboxylic acid groups (broad SMARTS) is 1. The number of aliphatic hydroxyl groups is 2. The molecule has 0 heterocycles. The van der Waals surface area contributed by atoms with Crippen LogP contribution < -0.4 is 0 Å². The van der Waals surface area contributed by atoms with Gasteiger partial charge >= 0.3 is 5.97 Å². The Hall–Kier alpha value is -1.76. The molecule has 2 unspecified atom stereocenters. The first kappa shape index (κ1) is 26.3. The summed E-state index contributed by atoms with van der Waals surface area (Å²) in [5, 5.41) is 29.9. The third-order valence-corrected chi connectivity index (χ3v) is 5.33. The Labute approximate surface area is 183 Å². The van der Waals surface area contributed by atoms with Crippen molar-refractivity contribution in [2.45, 2.75) is 89.8 Å². The lowest BCUT2D eigenvalue weighted by atomic mass is 9.89. The van der Waals surface area contributed by atoms with Crippen molar-refractivity contribution in [3.05, 3.63) is 34.3 Å². The van der Waals surface area contributed by atoms with Gasteiger partial charge in [0.1, 0.15) is 5.78 Å². The normalized spacial score (nSPS) is 14.2. The molecule has 30 heavy (non-hydrogen) atoms. The predicted molar refractivity (Wildman–Crippen MR) is 116 cm³/mol. The second-order valence-electron chi connectivity index (χ2n) is 8.00. The van der Waals surface area contributed by atoms with Crippen LogP contribution in [-0.4, -0.2) is 44.6 Å².